The summed E-state index contributed by atoms with van der Waals surface area (Å²) in [7, 11) is 0. The van der Waals surface area contributed by atoms with Crippen molar-refractivity contribution >= 4 is 21.6 Å². The molecule has 1 saturated carbocycles. The van der Waals surface area contributed by atoms with E-state index in [0.29, 0.717) is 29.6 Å². The predicted molar refractivity (Wildman–Crippen MR) is 100 cm³/mol. The molecule has 1 N–H and O–H groups in total. The third-order valence-corrected chi connectivity index (χ3v) is 6.14. The zero-order valence-corrected chi connectivity index (χ0v) is 15.6. The Morgan fingerprint density at radius 2 is 2.15 bits per heavy atom. The molecule has 0 aliphatic heterocycles. The Morgan fingerprint density at radius 1 is 1.37 bits per heavy atom. The number of nitrogens with zero attached hydrogens (tertiary/aromatic N) is 5. The average Bonchev–Trinajstić information content (AvgIpc) is 3.31. The number of unbranched alkanes of at least 4 members (excludes halogenated alkanes) is 1. The first kappa shape index (κ1) is 17.5. The van der Waals surface area contributed by atoms with Gasteiger partial charge in [0.05, 0.1) is 18.0 Å². The largest absolute Gasteiger partial charge is 0.343 e. The molecule has 140 valence electrons. The fourth-order valence-corrected chi connectivity index (χ4v) is 4.56. The summed E-state index contributed by atoms with van der Waals surface area (Å²) < 4.78 is 4.26. The van der Waals surface area contributed by atoms with E-state index in [1.54, 1.807) is 4.57 Å². The molecule has 0 aromatic carbocycles. The molecule has 4 rings (SSSR count). The number of H-pyrrole nitrogens is 1. The summed E-state index contributed by atoms with van der Waals surface area (Å²) in [6.45, 7) is 2.47. The van der Waals surface area contributed by atoms with E-state index < -0.39 is 0 Å². The monoisotopic (exact) mass is 386 g/mol. The van der Waals surface area contributed by atoms with Crippen LogP contribution in [0, 0.1) is 18.3 Å². The second-order valence-corrected chi connectivity index (χ2v) is 7.77. The van der Waals surface area contributed by atoms with Crippen LogP contribution in [0.15, 0.2) is 20.7 Å². The van der Waals surface area contributed by atoms with Gasteiger partial charge in [-0.25, -0.2) is 14.3 Å². The number of thiophene rings is 1. The average molecular weight is 386 g/mol. The maximum absolute atomic E-state index is 13.0. The SMILES string of the molecule is Cc1c(Cn2nc[nH]c2=O)sc2c1c(=O)n(C1CC1)c(=O)n2CCCC#N. The molecular formula is C17H18N6O3S. The minimum atomic E-state index is -0.325. The van der Waals surface area contributed by atoms with Gasteiger partial charge in [0.25, 0.3) is 5.56 Å². The van der Waals surface area contributed by atoms with Crippen molar-refractivity contribution in [3.63, 3.8) is 0 Å². The van der Waals surface area contributed by atoms with Crippen molar-refractivity contribution in [2.45, 2.75) is 51.7 Å². The van der Waals surface area contributed by atoms with Gasteiger partial charge in [-0.3, -0.25) is 18.9 Å². The smallest absolute Gasteiger partial charge is 0.295 e. The summed E-state index contributed by atoms with van der Waals surface area (Å²) in [5, 5.41) is 13.3. The molecular weight excluding hydrogens is 368 g/mol. The molecule has 3 heterocycles. The zero-order valence-electron chi connectivity index (χ0n) is 14.8. The predicted octanol–water partition coefficient (Wildman–Crippen LogP) is 1.10. The van der Waals surface area contributed by atoms with Gasteiger partial charge in [0.1, 0.15) is 11.2 Å². The van der Waals surface area contributed by atoms with Gasteiger partial charge in [-0.15, -0.1) is 11.3 Å². The Morgan fingerprint density at radius 3 is 2.78 bits per heavy atom. The highest BCUT2D eigenvalue weighted by Crippen LogP contribution is 2.34. The molecule has 3 aromatic rings. The lowest BCUT2D eigenvalue weighted by Crippen LogP contribution is -2.39. The lowest BCUT2D eigenvalue weighted by Gasteiger charge is -2.10. The second kappa shape index (κ2) is 6.66. The van der Waals surface area contributed by atoms with Crippen LogP contribution in [0.2, 0.25) is 0 Å². The first-order chi connectivity index (χ1) is 13.0. The number of hydrogen-bond donors (Lipinski definition) is 1. The second-order valence-electron chi connectivity index (χ2n) is 6.68. The molecule has 0 spiro atoms. The van der Waals surface area contributed by atoms with Crippen LogP contribution in [0.5, 0.6) is 0 Å². The van der Waals surface area contributed by atoms with Crippen LogP contribution >= 0.6 is 11.3 Å². The molecule has 9 nitrogen and oxygen atoms in total. The molecule has 1 fully saturated rings. The number of aryl methyl sites for hydroxylation is 2. The van der Waals surface area contributed by atoms with Crippen LogP contribution in [-0.4, -0.2) is 23.9 Å². The van der Waals surface area contributed by atoms with Gasteiger partial charge in [0.2, 0.25) is 0 Å². The van der Waals surface area contributed by atoms with Gasteiger partial charge in [0, 0.05) is 23.9 Å². The van der Waals surface area contributed by atoms with Crippen LogP contribution in [0.1, 0.15) is 42.2 Å². The van der Waals surface area contributed by atoms with Crippen molar-refractivity contribution in [3.8, 4) is 6.07 Å². The topological polar surface area (TPSA) is 118 Å². The summed E-state index contributed by atoms with van der Waals surface area (Å²) in [5.41, 5.74) is -0.118. The van der Waals surface area contributed by atoms with Crippen molar-refractivity contribution < 1.29 is 0 Å². The zero-order chi connectivity index (χ0) is 19.1. The van der Waals surface area contributed by atoms with Crippen molar-refractivity contribution in [2.75, 3.05) is 0 Å². The standard InChI is InChI=1S/C17H18N6O3S/c1-10-12(8-22-16(25)19-9-20-22)27-15-13(10)14(24)23(11-4-5-11)17(26)21(15)7-3-2-6-18/h9,11H,2-5,7-8H2,1H3,(H,19,20,25). The summed E-state index contributed by atoms with van der Waals surface area (Å²) >= 11 is 1.34. The van der Waals surface area contributed by atoms with Gasteiger partial charge in [-0.1, -0.05) is 0 Å². The molecule has 0 bridgehead atoms. The van der Waals surface area contributed by atoms with Crippen molar-refractivity contribution in [1.82, 2.24) is 23.9 Å². The van der Waals surface area contributed by atoms with Crippen LogP contribution in [0.3, 0.4) is 0 Å². The van der Waals surface area contributed by atoms with E-state index in [2.05, 4.69) is 16.2 Å². The maximum Gasteiger partial charge on any atom is 0.343 e. The number of hydrogen-bond acceptors (Lipinski definition) is 6. The fourth-order valence-electron chi connectivity index (χ4n) is 3.26. The number of aromatic amines is 1. The van der Waals surface area contributed by atoms with E-state index in [9.17, 15) is 14.4 Å². The Balaban J connectivity index is 1.92. The normalized spacial score (nSPS) is 13.9. The fraction of sp³-hybridized carbons (Fsp3) is 0.471. The lowest BCUT2D eigenvalue weighted by atomic mass is 10.2. The highest BCUT2D eigenvalue weighted by atomic mass is 32.1. The molecule has 1 aliphatic carbocycles. The molecule has 0 amide bonds. The number of rotatable bonds is 6. The molecule has 0 atom stereocenters. The summed E-state index contributed by atoms with van der Waals surface area (Å²) in [6.07, 6.45) is 3.87. The lowest BCUT2D eigenvalue weighted by molar-refractivity contribution is 0.568. The quantitative estimate of drug-likeness (QED) is 0.637. The van der Waals surface area contributed by atoms with Crippen LogP contribution in [-0.2, 0) is 13.1 Å². The molecule has 10 heteroatoms. The van der Waals surface area contributed by atoms with E-state index in [1.807, 2.05) is 6.92 Å². The van der Waals surface area contributed by atoms with Crippen molar-refractivity contribution in [1.29, 1.82) is 5.26 Å². The van der Waals surface area contributed by atoms with Crippen LogP contribution in [0.25, 0.3) is 10.2 Å². The Labute approximate surface area is 157 Å². The highest BCUT2D eigenvalue weighted by Gasteiger charge is 2.30. The van der Waals surface area contributed by atoms with Gasteiger partial charge in [0.15, 0.2) is 0 Å². The molecule has 1 aliphatic rings. The summed E-state index contributed by atoms with van der Waals surface area (Å²) in [4.78, 5) is 41.7. The van der Waals surface area contributed by atoms with Gasteiger partial charge >= 0.3 is 11.4 Å². The Kier molecular flexibility index (Phi) is 4.31. The number of aromatic nitrogens is 5. The van der Waals surface area contributed by atoms with E-state index >= 15 is 0 Å². The molecule has 0 unspecified atom stereocenters. The highest BCUT2D eigenvalue weighted by molar-refractivity contribution is 7.18. The third-order valence-electron chi connectivity index (χ3n) is 4.84. The number of fused-ring (bicyclic) bond motifs is 1. The van der Waals surface area contributed by atoms with E-state index in [1.165, 1.54) is 26.9 Å². The molecule has 0 saturated heterocycles. The van der Waals surface area contributed by atoms with Gasteiger partial charge in [-0.2, -0.15) is 10.4 Å². The van der Waals surface area contributed by atoms with Crippen LogP contribution in [0.4, 0.5) is 0 Å². The van der Waals surface area contributed by atoms with E-state index in [4.69, 9.17) is 5.26 Å². The minimum Gasteiger partial charge on any atom is -0.295 e. The van der Waals surface area contributed by atoms with E-state index in [0.717, 1.165) is 23.3 Å². The maximum atomic E-state index is 13.0. The minimum absolute atomic E-state index is 0.0340. The first-order valence-electron chi connectivity index (χ1n) is 8.77. The molecule has 27 heavy (non-hydrogen) atoms. The summed E-state index contributed by atoms with van der Waals surface area (Å²) in [6, 6.07) is 2.05. The molecule has 3 aromatic heterocycles. The first-order valence-corrected chi connectivity index (χ1v) is 9.59. The third kappa shape index (κ3) is 2.94. The van der Waals surface area contributed by atoms with Crippen molar-refractivity contribution in [3.05, 3.63) is 48.1 Å². The summed E-state index contributed by atoms with van der Waals surface area (Å²) in [5.74, 6) is 0. The molecule has 0 radical (unpaired) electrons. The Hall–Kier alpha value is -2.93. The van der Waals surface area contributed by atoms with Crippen LogP contribution < -0.4 is 16.9 Å². The van der Waals surface area contributed by atoms with E-state index in [-0.39, 0.29) is 29.5 Å². The number of nitriles is 1. The van der Waals surface area contributed by atoms with Crippen molar-refractivity contribution in [2.24, 2.45) is 0 Å². The van der Waals surface area contributed by atoms with Gasteiger partial charge < -0.3 is 0 Å². The number of nitrogens with one attached hydrogen (secondary N) is 1. The Bertz CT molecular complexity index is 1230. The van der Waals surface area contributed by atoms with Gasteiger partial charge in [-0.05, 0) is 31.7 Å².